The Morgan fingerprint density at radius 3 is 2.88 bits per heavy atom. The van der Waals surface area contributed by atoms with E-state index in [0.29, 0.717) is 16.6 Å². The monoisotopic (exact) mass is 267 g/mol. The van der Waals surface area contributed by atoms with E-state index in [2.05, 4.69) is 9.97 Å². The lowest BCUT2D eigenvalue weighted by Gasteiger charge is -2.03. The fraction of sp³-hybridized carbons (Fsp3) is 0.0909. The summed E-state index contributed by atoms with van der Waals surface area (Å²) in [5.41, 5.74) is 5.25. The quantitative estimate of drug-likeness (QED) is 0.837. The second-order valence-electron chi connectivity index (χ2n) is 3.34. The Kier molecular flexibility index (Phi) is 3.71. The minimum absolute atomic E-state index is 0.225. The topological polar surface area (TPSA) is 71.8 Å². The van der Waals surface area contributed by atoms with Crippen molar-refractivity contribution in [1.29, 1.82) is 0 Å². The van der Waals surface area contributed by atoms with Gasteiger partial charge in [-0.25, -0.2) is 4.98 Å². The van der Waals surface area contributed by atoms with Crippen LogP contribution < -0.4 is 11.3 Å². The first-order valence-electron chi connectivity index (χ1n) is 4.88. The average Bonchev–Trinajstić information content (AvgIpc) is 2.27. The largest absolute Gasteiger partial charge is 0.383 e. The molecule has 0 amide bonds. The maximum atomic E-state index is 11.2. The summed E-state index contributed by atoms with van der Waals surface area (Å²) < 4.78 is 0. The third-order valence-electron chi connectivity index (χ3n) is 2.01. The normalized spacial score (nSPS) is 10.4. The third-order valence-corrected chi connectivity index (χ3v) is 3.54. The van der Waals surface area contributed by atoms with Crippen LogP contribution in [0.1, 0.15) is 5.82 Å². The average molecular weight is 268 g/mol. The summed E-state index contributed by atoms with van der Waals surface area (Å²) >= 11 is 7.51. The van der Waals surface area contributed by atoms with Gasteiger partial charge >= 0.3 is 0 Å². The number of nitrogen functional groups attached to an aromatic ring is 1. The molecule has 0 unspecified atom stereocenters. The van der Waals surface area contributed by atoms with Crippen molar-refractivity contribution >= 4 is 29.2 Å². The Balaban J connectivity index is 2.13. The Morgan fingerprint density at radius 1 is 1.41 bits per heavy atom. The van der Waals surface area contributed by atoms with Gasteiger partial charge in [0.25, 0.3) is 5.56 Å². The summed E-state index contributed by atoms with van der Waals surface area (Å²) in [6, 6.07) is 8.76. The number of halogens is 1. The van der Waals surface area contributed by atoms with Crippen molar-refractivity contribution in [2.75, 3.05) is 5.73 Å². The SMILES string of the molecule is Nc1cc(=O)[nH]c(CSc2ccccc2Cl)n1. The first-order chi connectivity index (χ1) is 8.15. The number of aromatic nitrogens is 2. The molecule has 0 aliphatic rings. The van der Waals surface area contributed by atoms with Gasteiger partial charge in [0, 0.05) is 11.0 Å². The minimum atomic E-state index is -0.243. The number of rotatable bonds is 3. The first-order valence-corrected chi connectivity index (χ1v) is 6.24. The van der Waals surface area contributed by atoms with E-state index >= 15 is 0 Å². The number of H-pyrrole nitrogens is 1. The van der Waals surface area contributed by atoms with Crippen LogP contribution in [0.15, 0.2) is 40.0 Å². The van der Waals surface area contributed by atoms with Crippen LogP contribution in [0.3, 0.4) is 0 Å². The van der Waals surface area contributed by atoms with Crippen molar-refractivity contribution in [3.8, 4) is 0 Å². The van der Waals surface area contributed by atoms with Gasteiger partial charge in [-0.3, -0.25) is 4.79 Å². The zero-order valence-corrected chi connectivity index (χ0v) is 10.4. The van der Waals surface area contributed by atoms with Crippen molar-refractivity contribution in [2.45, 2.75) is 10.6 Å². The van der Waals surface area contributed by atoms with Crippen molar-refractivity contribution in [2.24, 2.45) is 0 Å². The second-order valence-corrected chi connectivity index (χ2v) is 4.76. The highest BCUT2D eigenvalue weighted by atomic mass is 35.5. The summed E-state index contributed by atoms with van der Waals surface area (Å²) in [5, 5.41) is 0.684. The number of nitrogens with one attached hydrogen (secondary N) is 1. The van der Waals surface area contributed by atoms with Crippen LogP contribution in [0.2, 0.25) is 5.02 Å². The molecule has 2 rings (SSSR count). The van der Waals surface area contributed by atoms with Gasteiger partial charge in [-0.2, -0.15) is 0 Å². The molecular weight excluding hydrogens is 258 g/mol. The molecule has 0 saturated heterocycles. The van der Waals surface area contributed by atoms with E-state index in [0.717, 1.165) is 4.90 Å². The van der Waals surface area contributed by atoms with E-state index in [-0.39, 0.29) is 11.4 Å². The summed E-state index contributed by atoms with van der Waals surface area (Å²) in [6.07, 6.45) is 0. The molecular formula is C11H10ClN3OS. The fourth-order valence-corrected chi connectivity index (χ4v) is 2.41. The first kappa shape index (κ1) is 12.0. The van der Waals surface area contributed by atoms with Crippen molar-refractivity contribution in [1.82, 2.24) is 9.97 Å². The Morgan fingerprint density at radius 2 is 2.18 bits per heavy atom. The fourth-order valence-electron chi connectivity index (χ4n) is 1.30. The van der Waals surface area contributed by atoms with Crippen LogP contribution >= 0.6 is 23.4 Å². The van der Waals surface area contributed by atoms with Gasteiger partial charge in [-0.1, -0.05) is 23.7 Å². The van der Waals surface area contributed by atoms with Crippen LogP contribution in [0.25, 0.3) is 0 Å². The standard InChI is InChI=1S/C11H10ClN3OS/c12-7-3-1-2-4-8(7)17-6-10-14-9(13)5-11(16)15-10/h1-5H,6H2,(H3,13,14,15,16). The Hall–Kier alpha value is -1.46. The smallest absolute Gasteiger partial charge is 0.252 e. The molecule has 3 N–H and O–H groups in total. The molecule has 0 saturated carbocycles. The zero-order chi connectivity index (χ0) is 12.3. The maximum absolute atomic E-state index is 11.2. The molecule has 0 fully saturated rings. The number of thioether (sulfide) groups is 1. The van der Waals surface area contributed by atoms with Crippen molar-refractivity contribution < 1.29 is 0 Å². The summed E-state index contributed by atoms with van der Waals surface area (Å²) in [6.45, 7) is 0. The second kappa shape index (κ2) is 5.25. The Bertz CT molecular complexity index is 585. The molecule has 17 heavy (non-hydrogen) atoms. The number of hydrogen-bond acceptors (Lipinski definition) is 4. The number of nitrogens with two attached hydrogens (primary N) is 1. The van der Waals surface area contributed by atoms with E-state index in [4.69, 9.17) is 17.3 Å². The highest BCUT2D eigenvalue weighted by molar-refractivity contribution is 7.98. The Labute approximate surface area is 107 Å². The third kappa shape index (κ3) is 3.25. The van der Waals surface area contributed by atoms with Crippen LogP contribution in [-0.2, 0) is 5.75 Å². The number of nitrogens with zero attached hydrogens (tertiary/aromatic N) is 1. The van der Waals surface area contributed by atoms with Gasteiger partial charge in [-0.15, -0.1) is 11.8 Å². The molecule has 88 valence electrons. The summed E-state index contributed by atoms with van der Waals surface area (Å²) in [7, 11) is 0. The van der Waals surface area contributed by atoms with Gasteiger partial charge in [0.1, 0.15) is 11.6 Å². The predicted molar refractivity (Wildman–Crippen MR) is 70.3 cm³/mol. The van der Waals surface area contributed by atoms with Gasteiger partial charge in [-0.05, 0) is 12.1 Å². The highest BCUT2D eigenvalue weighted by Crippen LogP contribution is 2.28. The molecule has 0 aliphatic carbocycles. The summed E-state index contributed by atoms with van der Waals surface area (Å²) in [4.78, 5) is 18.8. The molecule has 6 heteroatoms. The van der Waals surface area contributed by atoms with E-state index in [1.807, 2.05) is 24.3 Å². The van der Waals surface area contributed by atoms with Crippen LogP contribution in [0.5, 0.6) is 0 Å². The van der Waals surface area contributed by atoms with Gasteiger partial charge in [0.2, 0.25) is 0 Å². The zero-order valence-electron chi connectivity index (χ0n) is 8.81. The van der Waals surface area contributed by atoms with Crippen molar-refractivity contribution in [3.05, 3.63) is 51.5 Å². The van der Waals surface area contributed by atoms with Gasteiger partial charge in [0.05, 0.1) is 10.8 Å². The minimum Gasteiger partial charge on any atom is -0.383 e. The number of benzene rings is 1. The number of aromatic amines is 1. The molecule has 2 aromatic rings. The van der Waals surface area contributed by atoms with Crippen LogP contribution in [-0.4, -0.2) is 9.97 Å². The lowest BCUT2D eigenvalue weighted by Crippen LogP contribution is -2.11. The van der Waals surface area contributed by atoms with Crippen molar-refractivity contribution in [3.63, 3.8) is 0 Å². The molecule has 4 nitrogen and oxygen atoms in total. The van der Waals surface area contributed by atoms with Crippen LogP contribution in [0, 0.1) is 0 Å². The highest BCUT2D eigenvalue weighted by Gasteiger charge is 2.03. The molecule has 0 bridgehead atoms. The molecule has 0 aliphatic heterocycles. The predicted octanol–water partition coefficient (Wildman–Crippen LogP) is 2.30. The number of hydrogen-bond donors (Lipinski definition) is 2. The lowest BCUT2D eigenvalue weighted by molar-refractivity contribution is 1.01. The maximum Gasteiger partial charge on any atom is 0.252 e. The molecule has 0 atom stereocenters. The molecule has 0 radical (unpaired) electrons. The van der Waals surface area contributed by atoms with E-state index in [9.17, 15) is 4.79 Å². The molecule has 1 aromatic carbocycles. The van der Waals surface area contributed by atoms with E-state index in [1.165, 1.54) is 17.8 Å². The van der Waals surface area contributed by atoms with Crippen LogP contribution in [0.4, 0.5) is 5.82 Å². The molecule has 1 aromatic heterocycles. The lowest BCUT2D eigenvalue weighted by atomic mass is 10.4. The van der Waals surface area contributed by atoms with E-state index < -0.39 is 0 Å². The number of anilines is 1. The van der Waals surface area contributed by atoms with Gasteiger partial charge < -0.3 is 10.7 Å². The van der Waals surface area contributed by atoms with Gasteiger partial charge in [0.15, 0.2) is 0 Å². The molecule has 1 heterocycles. The molecule has 0 spiro atoms. The summed E-state index contributed by atoms with van der Waals surface area (Å²) in [5.74, 6) is 1.28. The van der Waals surface area contributed by atoms with E-state index in [1.54, 1.807) is 0 Å².